The topological polar surface area (TPSA) is 80.3 Å². The summed E-state index contributed by atoms with van der Waals surface area (Å²) in [5.74, 6) is 0.0821. The summed E-state index contributed by atoms with van der Waals surface area (Å²) in [4.78, 5) is 28.4. The Kier molecular flexibility index (Phi) is 5.68. The van der Waals surface area contributed by atoms with Gasteiger partial charge in [-0.1, -0.05) is 11.6 Å². The fourth-order valence-corrected chi connectivity index (χ4v) is 2.54. The summed E-state index contributed by atoms with van der Waals surface area (Å²) >= 11 is 5.92. The number of ether oxygens (including phenoxy) is 1. The van der Waals surface area contributed by atoms with Crippen LogP contribution in [-0.4, -0.2) is 23.9 Å². The van der Waals surface area contributed by atoms with Gasteiger partial charge in [0.25, 0.3) is 11.8 Å². The molecular weight excluding hydrogens is 366 g/mol. The molecule has 0 aliphatic rings. The highest BCUT2D eigenvalue weighted by Gasteiger charge is 2.12. The Morgan fingerprint density at radius 1 is 0.889 bits per heavy atom. The minimum absolute atomic E-state index is 0.130. The number of aromatic nitrogens is 1. The molecule has 1 heterocycles. The Labute approximate surface area is 161 Å². The number of nitrogens with one attached hydrogen (secondary N) is 2. The number of pyridine rings is 1. The number of halogens is 1. The zero-order valence-electron chi connectivity index (χ0n) is 14.4. The van der Waals surface area contributed by atoms with Gasteiger partial charge in [0.1, 0.15) is 10.9 Å². The number of hydrogen-bond acceptors (Lipinski definition) is 4. The quantitative estimate of drug-likeness (QED) is 0.647. The van der Waals surface area contributed by atoms with E-state index in [0.29, 0.717) is 22.7 Å². The van der Waals surface area contributed by atoms with Crippen LogP contribution in [-0.2, 0) is 0 Å². The van der Waals surface area contributed by atoms with Crippen LogP contribution in [0.15, 0.2) is 66.9 Å². The first-order valence-electron chi connectivity index (χ1n) is 8.04. The van der Waals surface area contributed by atoms with Crippen molar-refractivity contribution in [1.82, 2.24) is 4.98 Å². The highest BCUT2D eigenvalue weighted by molar-refractivity contribution is 6.33. The Bertz CT molecular complexity index is 957. The molecular formula is C20H16ClN3O3. The fourth-order valence-electron chi connectivity index (χ4n) is 2.34. The van der Waals surface area contributed by atoms with Crippen molar-refractivity contribution in [3.8, 4) is 5.75 Å². The number of hydrogen-bond donors (Lipinski definition) is 2. The largest absolute Gasteiger partial charge is 0.497 e. The van der Waals surface area contributed by atoms with Crippen molar-refractivity contribution in [2.45, 2.75) is 0 Å². The molecule has 136 valence electrons. The summed E-state index contributed by atoms with van der Waals surface area (Å²) in [6.45, 7) is 0. The van der Waals surface area contributed by atoms with Crippen LogP contribution in [0.5, 0.6) is 5.75 Å². The molecule has 0 fully saturated rings. The predicted molar refractivity (Wildman–Crippen MR) is 105 cm³/mol. The van der Waals surface area contributed by atoms with Crippen LogP contribution < -0.4 is 15.4 Å². The minimum atomic E-state index is -0.372. The summed E-state index contributed by atoms with van der Waals surface area (Å²) in [6, 6.07) is 16.8. The zero-order valence-corrected chi connectivity index (χ0v) is 15.2. The van der Waals surface area contributed by atoms with Crippen LogP contribution in [0.4, 0.5) is 11.4 Å². The second-order valence-electron chi connectivity index (χ2n) is 5.56. The molecule has 0 spiro atoms. The number of amides is 2. The van der Waals surface area contributed by atoms with Crippen molar-refractivity contribution in [1.29, 1.82) is 0 Å². The average molecular weight is 382 g/mol. The first-order chi connectivity index (χ1) is 13.1. The van der Waals surface area contributed by atoms with Crippen molar-refractivity contribution >= 4 is 34.8 Å². The molecule has 27 heavy (non-hydrogen) atoms. The molecule has 1 aromatic heterocycles. The standard InChI is InChI=1S/C20H16ClN3O3/c1-27-16-10-8-15(9-11-16)23-19(25)13-4-6-14(7-5-13)24-20(26)17-3-2-12-22-18(17)21/h2-12H,1H3,(H,23,25)(H,24,26). The summed E-state index contributed by atoms with van der Waals surface area (Å²) in [5.41, 5.74) is 1.94. The highest BCUT2D eigenvalue weighted by Crippen LogP contribution is 2.18. The number of carbonyl (C=O) groups is 2. The van der Waals surface area contributed by atoms with E-state index in [-0.39, 0.29) is 22.5 Å². The molecule has 0 bridgehead atoms. The van der Waals surface area contributed by atoms with Crippen LogP contribution in [0, 0.1) is 0 Å². The predicted octanol–water partition coefficient (Wildman–Crippen LogP) is 4.25. The second kappa shape index (κ2) is 8.33. The third-order valence-electron chi connectivity index (χ3n) is 3.76. The molecule has 3 rings (SSSR count). The molecule has 0 aliphatic carbocycles. The molecule has 0 saturated heterocycles. The van der Waals surface area contributed by atoms with Gasteiger partial charge in [-0.25, -0.2) is 4.98 Å². The van der Waals surface area contributed by atoms with Crippen LogP contribution in [0.3, 0.4) is 0 Å². The SMILES string of the molecule is COc1ccc(NC(=O)c2ccc(NC(=O)c3cccnc3Cl)cc2)cc1. The molecule has 0 aliphatic heterocycles. The van der Waals surface area contributed by atoms with Gasteiger partial charge in [-0.3, -0.25) is 9.59 Å². The van der Waals surface area contributed by atoms with Gasteiger partial charge in [0.15, 0.2) is 0 Å². The van der Waals surface area contributed by atoms with Crippen LogP contribution in [0.1, 0.15) is 20.7 Å². The molecule has 2 N–H and O–H groups in total. The maximum absolute atomic E-state index is 12.3. The average Bonchev–Trinajstić information content (AvgIpc) is 2.69. The van der Waals surface area contributed by atoms with E-state index in [1.165, 1.54) is 6.20 Å². The second-order valence-corrected chi connectivity index (χ2v) is 5.91. The lowest BCUT2D eigenvalue weighted by atomic mass is 10.1. The van der Waals surface area contributed by atoms with Gasteiger partial charge < -0.3 is 15.4 Å². The first-order valence-corrected chi connectivity index (χ1v) is 8.42. The first kappa shape index (κ1) is 18.4. The van der Waals surface area contributed by atoms with Gasteiger partial charge in [0.2, 0.25) is 0 Å². The lowest BCUT2D eigenvalue weighted by molar-refractivity contribution is 0.101. The van der Waals surface area contributed by atoms with Gasteiger partial charge in [-0.15, -0.1) is 0 Å². The van der Waals surface area contributed by atoms with Gasteiger partial charge in [-0.05, 0) is 60.7 Å². The van der Waals surface area contributed by atoms with E-state index in [9.17, 15) is 9.59 Å². The van der Waals surface area contributed by atoms with Gasteiger partial charge in [0.05, 0.1) is 12.7 Å². The maximum Gasteiger partial charge on any atom is 0.258 e. The van der Waals surface area contributed by atoms with Crippen molar-refractivity contribution < 1.29 is 14.3 Å². The molecule has 0 saturated carbocycles. The van der Waals surface area contributed by atoms with Crippen LogP contribution in [0.2, 0.25) is 5.15 Å². The van der Waals surface area contributed by atoms with Gasteiger partial charge in [0, 0.05) is 23.1 Å². The van der Waals surface area contributed by atoms with Crippen LogP contribution >= 0.6 is 11.6 Å². The van der Waals surface area contributed by atoms with E-state index >= 15 is 0 Å². The fraction of sp³-hybridized carbons (Fsp3) is 0.0500. The Balaban J connectivity index is 1.64. The smallest absolute Gasteiger partial charge is 0.258 e. The summed E-state index contributed by atoms with van der Waals surface area (Å²) in [5, 5.41) is 5.64. The molecule has 0 atom stereocenters. The molecule has 2 aromatic carbocycles. The normalized spacial score (nSPS) is 10.1. The molecule has 0 unspecified atom stereocenters. The number of carbonyl (C=O) groups excluding carboxylic acids is 2. The Hall–Kier alpha value is -3.38. The highest BCUT2D eigenvalue weighted by atomic mass is 35.5. The number of nitrogens with zero attached hydrogens (tertiary/aromatic N) is 1. The summed E-state index contributed by atoms with van der Waals surface area (Å²) in [6.07, 6.45) is 1.51. The molecule has 6 nitrogen and oxygen atoms in total. The van der Waals surface area contributed by atoms with E-state index in [4.69, 9.17) is 16.3 Å². The monoisotopic (exact) mass is 381 g/mol. The van der Waals surface area contributed by atoms with E-state index in [1.54, 1.807) is 67.8 Å². The maximum atomic E-state index is 12.3. The third-order valence-corrected chi connectivity index (χ3v) is 4.06. The van der Waals surface area contributed by atoms with Crippen LogP contribution in [0.25, 0.3) is 0 Å². The number of benzene rings is 2. The lowest BCUT2D eigenvalue weighted by Crippen LogP contribution is -2.14. The van der Waals surface area contributed by atoms with Crippen molar-refractivity contribution in [3.05, 3.63) is 83.1 Å². The van der Waals surface area contributed by atoms with Crippen molar-refractivity contribution in [3.63, 3.8) is 0 Å². The van der Waals surface area contributed by atoms with Gasteiger partial charge >= 0.3 is 0 Å². The minimum Gasteiger partial charge on any atom is -0.497 e. The molecule has 2 amide bonds. The number of methoxy groups -OCH3 is 1. The number of anilines is 2. The third kappa shape index (κ3) is 4.62. The Morgan fingerprint density at radius 3 is 2.07 bits per heavy atom. The van der Waals surface area contributed by atoms with Crippen molar-refractivity contribution in [2.75, 3.05) is 17.7 Å². The van der Waals surface area contributed by atoms with E-state index < -0.39 is 0 Å². The van der Waals surface area contributed by atoms with Gasteiger partial charge in [-0.2, -0.15) is 0 Å². The summed E-state index contributed by atoms with van der Waals surface area (Å²) in [7, 11) is 1.58. The zero-order chi connectivity index (χ0) is 19.2. The molecule has 3 aromatic rings. The number of rotatable bonds is 5. The van der Waals surface area contributed by atoms with Crippen molar-refractivity contribution in [2.24, 2.45) is 0 Å². The molecule has 7 heteroatoms. The summed E-state index contributed by atoms with van der Waals surface area (Å²) < 4.78 is 5.08. The molecule has 0 radical (unpaired) electrons. The van der Waals surface area contributed by atoms with E-state index in [0.717, 1.165) is 0 Å². The Morgan fingerprint density at radius 2 is 1.48 bits per heavy atom. The van der Waals surface area contributed by atoms with E-state index in [1.807, 2.05) is 0 Å². The lowest BCUT2D eigenvalue weighted by Gasteiger charge is -2.08. The van der Waals surface area contributed by atoms with E-state index in [2.05, 4.69) is 15.6 Å².